The highest BCUT2D eigenvalue weighted by Gasteiger charge is 2.18. The molecule has 73 heavy (non-hydrogen) atoms. The minimum Gasteiger partial charge on any atom is -0.394 e. The van der Waals surface area contributed by atoms with E-state index >= 15 is 0 Å². The van der Waals surface area contributed by atoms with Gasteiger partial charge in [-0.3, -0.25) is 4.79 Å². The minimum atomic E-state index is -0.870. The standard InChI is InChI=1S/C69H133NO3/c1-3-5-7-9-11-13-15-17-19-21-23-25-26-27-28-29-30-31-32-33-34-35-36-37-38-39-40-41-42-43-45-47-49-51-53-55-57-59-61-63-65-69(73)70-67(66-71)68(72)64-62-60-58-56-54-52-50-48-46-44-24-22-20-18-16-14-12-10-8-6-4-2/h46,48,54,56,62,64,67-68,71-72H,3-45,47,49-53,55,57-61,63,65-66H2,1-2H3,(H,70,73)/b48-46+,56-54+,64-62+. The van der Waals surface area contributed by atoms with Gasteiger partial charge in [-0.25, -0.2) is 0 Å². The number of hydrogen-bond donors (Lipinski definition) is 3. The summed E-state index contributed by atoms with van der Waals surface area (Å²) in [4.78, 5) is 12.5. The molecule has 0 aromatic heterocycles. The molecule has 2 unspecified atom stereocenters. The first kappa shape index (κ1) is 71.6. The Hall–Kier alpha value is -1.39. The molecule has 4 nitrogen and oxygen atoms in total. The van der Waals surface area contributed by atoms with Gasteiger partial charge in [0.15, 0.2) is 0 Å². The van der Waals surface area contributed by atoms with E-state index in [2.05, 4.69) is 43.5 Å². The lowest BCUT2D eigenvalue weighted by molar-refractivity contribution is -0.123. The topological polar surface area (TPSA) is 69.6 Å². The van der Waals surface area contributed by atoms with E-state index in [1.54, 1.807) is 6.08 Å². The molecule has 4 heteroatoms. The van der Waals surface area contributed by atoms with Crippen molar-refractivity contribution in [3.05, 3.63) is 36.5 Å². The lowest BCUT2D eigenvalue weighted by Crippen LogP contribution is -2.45. The average molecular weight is 1020 g/mol. The fourth-order valence-corrected chi connectivity index (χ4v) is 10.7. The average Bonchev–Trinajstić information content (AvgIpc) is 3.40. The summed E-state index contributed by atoms with van der Waals surface area (Å²) in [6.07, 6.45) is 89.5. The van der Waals surface area contributed by atoms with Gasteiger partial charge in [-0.1, -0.05) is 365 Å². The van der Waals surface area contributed by atoms with Crippen LogP contribution >= 0.6 is 0 Å². The second-order valence-electron chi connectivity index (χ2n) is 23.2. The molecule has 432 valence electrons. The predicted octanol–water partition coefficient (Wildman–Crippen LogP) is 22.8. The number of hydrogen-bond acceptors (Lipinski definition) is 3. The monoisotopic (exact) mass is 1020 g/mol. The van der Waals surface area contributed by atoms with Crippen LogP contribution in [-0.4, -0.2) is 34.9 Å². The maximum Gasteiger partial charge on any atom is 0.220 e. The van der Waals surface area contributed by atoms with Crippen LogP contribution in [0.25, 0.3) is 0 Å². The molecule has 1 amide bonds. The molecule has 0 aromatic rings. The zero-order valence-electron chi connectivity index (χ0n) is 49.9. The zero-order chi connectivity index (χ0) is 52.7. The smallest absolute Gasteiger partial charge is 0.220 e. The van der Waals surface area contributed by atoms with Crippen LogP contribution in [0.2, 0.25) is 0 Å². The van der Waals surface area contributed by atoms with Gasteiger partial charge in [0, 0.05) is 6.42 Å². The van der Waals surface area contributed by atoms with Gasteiger partial charge in [-0.05, 0) is 44.9 Å². The third-order valence-corrected chi connectivity index (χ3v) is 15.9. The molecular formula is C69H133NO3. The highest BCUT2D eigenvalue weighted by Crippen LogP contribution is 2.19. The molecule has 0 heterocycles. The summed E-state index contributed by atoms with van der Waals surface area (Å²) in [7, 11) is 0. The third kappa shape index (κ3) is 61.3. The number of rotatable bonds is 63. The van der Waals surface area contributed by atoms with Crippen molar-refractivity contribution in [2.45, 2.75) is 392 Å². The highest BCUT2D eigenvalue weighted by molar-refractivity contribution is 5.76. The molecule has 0 aliphatic rings. The Morgan fingerprint density at radius 1 is 0.315 bits per heavy atom. The molecule has 0 fully saturated rings. The molecule has 0 aliphatic carbocycles. The predicted molar refractivity (Wildman–Crippen MR) is 327 cm³/mol. The van der Waals surface area contributed by atoms with Crippen molar-refractivity contribution in [2.75, 3.05) is 6.61 Å². The minimum absolute atomic E-state index is 0.0704. The van der Waals surface area contributed by atoms with Crippen LogP contribution in [0.5, 0.6) is 0 Å². The fourth-order valence-electron chi connectivity index (χ4n) is 10.7. The Bertz CT molecular complexity index is 1110. The van der Waals surface area contributed by atoms with Gasteiger partial charge >= 0.3 is 0 Å². The Balaban J connectivity index is 3.40. The number of aliphatic hydroxyl groups is 2. The number of nitrogens with one attached hydrogen (secondary N) is 1. The first-order valence-corrected chi connectivity index (χ1v) is 33.7. The lowest BCUT2D eigenvalue weighted by atomic mass is 10.0. The van der Waals surface area contributed by atoms with Gasteiger partial charge in [0.1, 0.15) is 0 Å². The molecule has 0 aromatic carbocycles. The van der Waals surface area contributed by atoms with E-state index < -0.39 is 12.1 Å². The van der Waals surface area contributed by atoms with Crippen LogP contribution in [0.15, 0.2) is 36.5 Å². The number of carbonyl (C=O) groups is 1. The summed E-state index contributed by atoms with van der Waals surface area (Å²) in [5.74, 6) is -0.0704. The molecular weight excluding hydrogens is 891 g/mol. The summed E-state index contributed by atoms with van der Waals surface area (Å²) in [6.45, 7) is 4.33. The number of amides is 1. The van der Waals surface area contributed by atoms with Crippen molar-refractivity contribution in [3.8, 4) is 0 Å². The second kappa shape index (κ2) is 64.9. The Morgan fingerprint density at radius 3 is 0.795 bits per heavy atom. The van der Waals surface area contributed by atoms with Crippen LogP contribution in [0, 0.1) is 0 Å². The van der Waals surface area contributed by atoms with E-state index in [1.807, 2.05) is 6.08 Å². The third-order valence-electron chi connectivity index (χ3n) is 15.9. The maximum absolute atomic E-state index is 12.5. The maximum atomic E-state index is 12.5. The quantitative estimate of drug-likeness (QED) is 0.0420. The molecule has 0 aliphatic heterocycles. The number of aliphatic hydroxyl groups excluding tert-OH is 2. The molecule has 0 bridgehead atoms. The summed E-state index contributed by atoms with van der Waals surface area (Å²) in [6, 6.07) is -0.645. The molecule has 3 N–H and O–H groups in total. The van der Waals surface area contributed by atoms with Crippen molar-refractivity contribution in [1.82, 2.24) is 5.32 Å². The van der Waals surface area contributed by atoms with Crippen LogP contribution in [0.3, 0.4) is 0 Å². The SMILES string of the molecule is CCCCCCCCCCCCC/C=C/CC/C=C/CC/C=C/C(O)C(CO)NC(=O)CCCCCCCCCCCCCCCCCCCCCCCCCCCCCCCCCCCCCCCCCC. The summed E-state index contributed by atoms with van der Waals surface area (Å²) in [5, 5.41) is 23.2. The number of carbonyl (C=O) groups excluding carboxylic acids is 1. The molecule has 0 saturated heterocycles. The van der Waals surface area contributed by atoms with Crippen molar-refractivity contribution in [1.29, 1.82) is 0 Å². The Kier molecular flexibility index (Phi) is 63.7. The van der Waals surface area contributed by atoms with Gasteiger partial charge in [0.2, 0.25) is 5.91 Å². The summed E-state index contributed by atoms with van der Waals surface area (Å²) >= 11 is 0. The van der Waals surface area contributed by atoms with Crippen molar-refractivity contribution >= 4 is 5.91 Å². The molecule has 2 atom stereocenters. The highest BCUT2D eigenvalue weighted by atomic mass is 16.3. The first-order chi connectivity index (χ1) is 36.2. The molecule has 0 spiro atoms. The van der Waals surface area contributed by atoms with E-state index in [-0.39, 0.29) is 12.5 Å². The van der Waals surface area contributed by atoms with Gasteiger partial charge < -0.3 is 15.5 Å². The van der Waals surface area contributed by atoms with Crippen molar-refractivity contribution < 1.29 is 15.0 Å². The molecule has 0 saturated carbocycles. The van der Waals surface area contributed by atoms with Gasteiger partial charge in [-0.15, -0.1) is 0 Å². The van der Waals surface area contributed by atoms with E-state index in [0.717, 1.165) is 38.5 Å². The van der Waals surface area contributed by atoms with Crippen LogP contribution in [0.4, 0.5) is 0 Å². The molecule has 0 radical (unpaired) electrons. The Labute approximate surface area is 459 Å². The normalized spacial score (nSPS) is 12.9. The van der Waals surface area contributed by atoms with E-state index in [1.165, 1.54) is 321 Å². The first-order valence-electron chi connectivity index (χ1n) is 33.7. The molecule has 0 rings (SSSR count). The van der Waals surface area contributed by atoms with Gasteiger partial charge in [0.05, 0.1) is 18.8 Å². The lowest BCUT2D eigenvalue weighted by Gasteiger charge is -2.19. The van der Waals surface area contributed by atoms with E-state index in [4.69, 9.17) is 0 Å². The van der Waals surface area contributed by atoms with E-state index in [9.17, 15) is 15.0 Å². The zero-order valence-corrected chi connectivity index (χ0v) is 49.9. The summed E-state index contributed by atoms with van der Waals surface area (Å²) in [5.41, 5.74) is 0. The van der Waals surface area contributed by atoms with Crippen molar-refractivity contribution in [3.63, 3.8) is 0 Å². The number of unbranched alkanes of at least 4 members (excludes halogenated alkanes) is 52. The van der Waals surface area contributed by atoms with Crippen molar-refractivity contribution in [2.24, 2.45) is 0 Å². The van der Waals surface area contributed by atoms with Crippen LogP contribution < -0.4 is 5.32 Å². The number of allylic oxidation sites excluding steroid dienone is 5. The van der Waals surface area contributed by atoms with Gasteiger partial charge in [-0.2, -0.15) is 0 Å². The largest absolute Gasteiger partial charge is 0.394 e. The fraction of sp³-hybridized carbons (Fsp3) is 0.899. The van der Waals surface area contributed by atoms with Gasteiger partial charge in [0.25, 0.3) is 0 Å². The van der Waals surface area contributed by atoms with E-state index in [0.29, 0.717) is 6.42 Å². The van der Waals surface area contributed by atoms with Crippen LogP contribution in [-0.2, 0) is 4.79 Å². The van der Waals surface area contributed by atoms with Crippen LogP contribution in [0.1, 0.15) is 380 Å². The second-order valence-corrected chi connectivity index (χ2v) is 23.2. The summed E-state index contributed by atoms with van der Waals surface area (Å²) < 4.78 is 0. The Morgan fingerprint density at radius 2 is 0.534 bits per heavy atom.